The topological polar surface area (TPSA) is 68.9 Å². The molecular weight excluding hydrogens is 410 g/mol. The van der Waals surface area contributed by atoms with Crippen molar-refractivity contribution in [3.63, 3.8) is 0 Å². The van der Waals surface area contributed by atoms with E-state index in [4.69, 9.17) is 9.15 Å². The van der Waals surface area contributed by atoms with Gasteiger partial charge in [0, 0.05) is 5.39 Å². The van der Waals surface area contributed by atoms with Gasteiger partial charge in [-0.25, -0.2) is 13.4 Å². The Morgan fingerprint density at radius 1 is 0.839 bits per heavy atom. The molecule has 1 aromatic heterocycles. The number of hydrogen-bond donors (Lipinski definition) is 0. The number of nitrogens with zero attached hydrogens (tertiary/aromatic N) is 1. The lowest BCUT2D eigenvalue weighted by molar-refractivity contribution is 0.404. The molecule has 1 heterocycles. The van der Waals surface area contributed by atoms with Crippen LogP contribution in [0.1, 0.15) is 16.7 Å². The molecule has 0 N–H and O–H groups in total. The molecule has 0 atom stereocenters. The maximum Gasteiger partial charge on any atom is 0.239 e. The quantitative estimate of drug-likeness (QED) is 0.430. The van der Waals surface area contributed by atoms with Gasteiger partial charge in [-0.2, -0.15) is 0 Å². The minimum absolute atomic E-state index is 0.0104. The lowest BCUT2D eigenvalue weighted by atomic mass is 10.1. The second-order valence-electron chi connectivity index (χ2n) is 7.57. The van der Waals surface area contributed by atoms with Crippen molar-refractivity contribution in [3.8, 4) is 5.75 Å². The Bertz CT molecular complexity index is 1430. The van der Waals surface area contributed by atoms with Gasteiger partial charge in [0.15, 0.2) is 11.3 Å². The third-order valence-corrected chi connectivity index (χ3v) is 6.75. The lowest BCUT2D eigenvalue weighted by Gasteiger charge is -2.09. The van der Waals surface area contributed by atoms with Gasteiger partial charge in [-0.15, -0.1) is 0 Å². The second kappa shape index (κ2) is 8.04. The third-order valence-electron chi connectivity index (χ3n) is 4.98. The molecule has 0 fully saturated rings. The van der Waals surface area contributed by atoms with Gasteiger partial charge in [0.1, 0.15) is 4.90 Å². The highest BCUT2D eigenvalue weighted by atomic mass is 32.2. The van der Waals surface area contributed by atoms with Crippen molar-refractivity contribution in [3.05, 3.63) is 89.0 Å². The zero-order valence-electron chi connectivity index (χ0n) is 17.8. The van der Waals surface area contributed by atoms with E-state index in [2.05, 4.69) is 4.99 Å². The fourth-order valence-electron chi connectivity index (χ4n) is 3.51. The first kappa shape index (κ1) is 20.9. The monoisotopic (exact) mass is 433 g/mol. The summed E-state index contributed by atoms with van der Waals surface area (Å²) in [7, 11) is -2.32. The molecule has 0 spiro atoms. The zero-order valence-corrected chi connectivity index (χ0v) is 18.7. The van der Waals surface area contributed by atoms with Crippen LogP contribution >= 0.6 is 0 Å². The Kier molecular flexibility index (Phi) is 5.41. The largest absolute Gasteiger partial charge is 0.493 e. The van der Waals surface area contributed by atoms with Crippen LogP contribution in [0.4, 0.5) is 5.69 Å². The molecule has 4 rings (SSSR count). The molecule has 0 bridgehead atoms. The number of ether oxygens (including phenoxy) is 1. The van der Waals surface area contributed by atoms with Crippen LogP contribution in [0.5, 0.6) is 5.75 Å². The fraction of sp³-hybridized carbons (Fsp3) is 0.160. The summed E-state index contributed by atoms with van der Waals surface area (Å²) in [6.07, 6.45) is 0. The standard InChI is InChI=1S/C25H23NO4S/c1-16-8-10-21(11-9-16)31(27,28)23-15-19-6-5-7-22(29-4)24(19)30-25(23)26-20-13-17(2)12-18(3)14-20/h5-15H,1-4H3. The molecular formula is C25H23NO4S. The maximum atomic E-state index is 13.5. The van der Waals surface area contributed by atoms with E-state index in [-0.39, 0.29) is 15.3 Å². The molecule has 0 radical (unpaired) electrons. The Morgan fingerprint density at radius 2 is 1.52 bits per heavy atom. The molecule has 0 unspecified atom stereocenters. The molecule has 0 amide bonds. The van der Waals surface area contributed by atoms with Gasteiger partial charge in [-0.05, 0) is 68.3 Å². The van der Waals surface area contributed by atoms with Crippen LogP contribution in [0.25, 0.3) is 11.0 Å². The Hall–Kier alpha value is -3.38. The summed E-state index contributed by atoms with van der Waals surface area (Å²) < 4.78 is 38.5. The van der Waals surface area contributed by atoms with Gasteiger partial charge in [-0.3, -0.25) is 0 Å². The summed E-state index contributed by atoms with van der Waals surface area (Å²) in [5.74, 6) is 0.508. The van der Waals surface area contributed by atoms with Crippen LogP contribution in [0.2, 0.25) is 0 Å². The molecule has 0 aliphatic heterocycles. The van der Waals surface area contributed by atoms with Crippen LogP contribution in [0.3, 0.4) is 0 Å². The van der Waals surface area contributed by atoms with E-state index < -0.39 is 9.84 Å². The van der Waals surface area contributed by atoms with E-state index in [1.807, 2.05) is 39.0 Å². The Morgan fingerprint density at radius 3 is 2.16 bits per heavy atom. The summed E-state index contributed by atoms with van der Waals surface area (Å²) >= 11 is 0. The third kappa shape index (κ3) is 4.11. The first-order valence-electron chi connectivity index (χ1n) is 9.83. The minimum Gasteiger partial charge on any atom is -0.493 e. The summed E-state index contributed by atoms with van der Waals surface area (Å²) in [6.45, 7) is 5.85. The first-order valence-corrected chi connectivity index (χ1v) is 11.3. The zero-order chi connectivity index (χ0) is 22.2. The number of rotatable bonds is 4. The van der Waals surface area contributed by atoms with Crippen LogP contribution in [0.15, 0.2) is 85.9 Å². The molecule has 0 aliphatic rings. The molecule has 0 aliphatic carbocycles. The van der Waals surface area contributed by atoms with E-state index in [1.165, 1.54) is 0 Å². The number of hydrogen-bond acceptors (Lipinski definition) is 5. The summed E-state index contributed by atoms with van der Waals surface area (Å²) in [5.41, 5.74) is 4.11. The number of aryl methyl sites for hydroxylation is 3. The fourth-order valence-corrected chi connectivity index (χ4v) is 4.86. The molecule has 0 saturated heterocycles. The number of methoxy groups -OCH3 is 1. The molecule has 158 valence electrons. The summed E-state index contributed by atoms with van der Waals surface area (Å²) in [4.78, 5) is 4.79. The average Bonchev–Trinajstić information content (AvgIpc) is 2.72. The van der Waals surface area contributed by atoms with E-state index in [0.717, 1.165) is 16.7 Å². The van der Waals surface area contributed by atoms with Crippen LogP contribution in [-0.2, 0) is 9.84 Å². The SMILES string of the molecule is COc1cccc2cc(S(=O)(=O)c3ccc(C)cc3)c(=Nc3cc(C)cc(C)c3)oc12. The number of benzene rings is 3. The maximum absolute atomic E-state index is 13.5. The molecule has 6 heteroatoms. The smallest absolute Gasteiger partial charge is 0.239 e. The molecule has 4 aromatic rings. The number of fused-ring (bicyclic) bond motifs is 1. The van der Waals surface area contributed by atoms with Gasteiger partial charge >= 0.3 is 0 Å². The minimum atomic E-state index is -3.87. The first-order chi connectivity index (χ1) is 14.8. The Balaban J connectivity index is 2.07. The predicted octanol–water partition coefficient (Wildman–Crippen LogP) is 5.43. The highest BCUT2D eigenvalue weighted by Crippen LogP contribution is 2.28. The summed E-state index contributed by atoms with van der Waals surface area (Å²) in [6, 6.07) is 19.5. The van der Waals surface area contributed by atoms with Gasteiger partial charge < -0.3 is 9.15 Å². The van der Waals surface area contributed by atoms with Crippen molar-refractivity contribution in [2.24, 2.45) is 4.99 Å². The highest BCUT2D eigenvalue weighted by molar-refractivity contribution is 7.91. The molecule has 31 heavy (non-hydrogen) atoms. The van der Waals surface area contributed by atoms with Crippen LogP contribution in [0, 0.1) is 20.8 Å². The molecule has 0 saturated carbocycles. The van der Waals surface area contributed by atoms with Crippen molar-refractivity contribution in [1.29, 1.82) is 0 Å². The van der Waals surface area contributed by atoms with E-state index >= 15 is 0 Å². The normalized spacial score (nSPS) is 12.3. The number of sulfone groups is 1. The van der Waals surface area contributed by atoms with Crippen molar-refractivity contribution in [2.45, 2.75) is 30.6 Å². The van der Waals surface area contributed by atoms with Gasteiger partial charge in [0.2, 0.25) is 15.4 Å². The lowest BCUT2D eigenvalue weighted by Crippen LogP contribution is -2.16. The van der Waals surface area contributed by atoms with E-state index in [1.54, 1.807) is 55.6 Å². The molecule has 3 aromatic carbocycles. The van der Waals surface area contributed by atoms with Crippen molar-refractivity contribution >= 4 is 26.5 Å². The van der Waals surface area contributed by atoms with E-state index in [0.29, 0.717) is 22.4 Å². The van der Waals surface area contributed by atoms with Crippen molar-refractivity contribution < 1.29 is 17.6 Å². The van der Waals surface area contributed by atoms with Crippen LogP contribution in [-0.4, -0.2) is 15.5 Å². The van der Waals surface area contributed by atoms with Gasteiger partial charge in [-0.1, -0.05) is 35.9 Å². The predicted molar refractivity (Wildman–Crippen MR) is 121 cm³/mol. The molecule has 5 nitrogen and oxygen atoms in total. The second-order valence-corrected chi connectivity index (χ2v) is 9.49. The highest BCUT2D eigenvalue weighted by Gasteiger charge is 2.23. The van der Waals surface area contributed by atoms with Gasteiger partial charge in [0.05, 0.1) is 17.7 Å². The summed E-state index contributed by atoms with van der Waals surface area (Å²) in [5, 5.41) is 0.615. The van der Waals surface area contributed by atoms with Gasteiger partial charge in [0.25, 0.3) is 0 Å². The van der Waals surface area contributed by atoms with Crippen LogP contribution < -0.4 is 10.3 Å². The van der Waals surface area contributed by atoms with Crippen molar-refractivity contribution in [1.82, 2.24) is 0 Å². The van der Waals surface area contributed by atoms with Crippen molar-refractivity contribution in [2.75, 3.05) is 7.11 Å². The Labute approximate surface area is 181 Å². The average molecular weight is 434 g/mol. The van der Waals surface area contributed by atoms with E-state index in [9.17, 15) is 8.42 Å². The number of para-hydroxylation sites is 1.